The van der Waals surface area contributed by atoms with Gasteiger partial charge in [0.05, 0.1) is 6.61 Å². The monoisotopic (exact) mass is 395 g/mol. The third-order valence-corrected chi connectivity index (χ3v) is 7.48. The third kappa shape index (κ3) is 5.78. The number of rotatable bonds is 7. The minimum absolute atomic E-state index is 0.323. The number of nitrogens with zero attached hydrogens (tertiary/aromatic N) is 2. The van der Waals surface area contributed by atoms with Crippen LogP contribution in [0.3, 0.4) is 0 Å². The Hall–Kier alpha value is 0.610. The molecule has 2 aliphatic heterocycles. The van der Waals surface area contributed by atoms with Crippen LogP contribution in [0.15, 0.2) is 0 Å². The first kappa shape index (κ1) is 17.0. The topological polar surface area (TPSA) is 26.7 Å². The second kappa shape index (κ2) is 9.59. The van der Waals surface area contributed by atoms with Crippen molar-refractivity contribution in [1.29, 1.82) is 0 Å². The molecule has 0 saturated carbocycles. The molecular weight excluding hydrogens is 363 g/mol. The van der Waals surface area contributed by atoms with Crippen molar-refractivity contribution in [3.63, 3.8) is 0 Å². The Labute approximate surface area is 135 Å². The summed E-state index contributed by atoms with van der Waals surface area (Å²) in [5, 5.41) is 8.96. The zero-order valence-electron chi connectivity index (χ0n) is 13.1. The molecule has 2 saturated heterocycles. The van der Waals surface area contributed by atoms with Crippen molar-refractivity contribution in [3.05, 3.63) is 0 Å². The Kier molecular flexibility index (Phi) is 8.14. The van der Waals surface area contributed by atoms with Gasteiger partial charge in [-0.25, -0.2) is 0 Å². The van der Waals surface area contributed by atoms with Gasteiger partial charge in [0.1, 0.15) is 0 Å². The van der Waals surface area contributed by atoms with E-state index in [0.717, 1.165) is 18.4 Å². The van der Waals surface area contributed by atoms with Gasteiger partial charge in [0.25, 0.3) is 0 Å². The molecule has 2 aliphatic rings. The molecule has 0 aromatic carbocycles. The molecule has 4 heteroatoms. The van der Waals surface area contributed by atoms with Gasteiger partial charge in [-0.2, -0.15) is 0 Å². The van der Waals surface area contributed by atoms with Crippen molar-refractivity contribution in [2.75, 3.05) is 44.3 Å². The molecule has 0 atom stereocenters. The second-order valence-electron chi connectivity index (χ2n) is 6.46. The van der Waals surface area contributed by atoms with Crippen LogP contribution in [0.25, 0.3) is 0 Å². The number of halogens is 1. The fourth-order valence-corrected chi connectivity index (χ4v) is 5.22. The van der Waals surface area contributed by atoms with Gasteiger partial charge in [0.15, 0.2) is 0 Å². The van der Waals surface area contributed by atoms with E-state index in [4.69, 9.17) is 5.11 Å². The van der Waals surface area contributed by atoms with Crippen molar-refractivity contribution >= 4 is 0 Å². The number of aliphatic hydroxyl groups is 1. The fraction of sp³-hybridized carbons (Fsp3) is 1.00. The number of hydrogen-bond donors (Lipinski definition) is 1. The van der Waals surface area contributed by atoms with Crippen LogP contribution in [0.2, 0.25) is 0 Å². The van der Waals surface area contributed by atoms with Gasteiger partial charge in [-0.1, -0.05) is 0 Å². The van der Waals surface area contributed by atoms with Gasteiger partial charge in [-0.05, 0) is 0 Å². The molecule has 20 heavy (non-hydrogen) atoms. The fourth-order valence-electron chi connectivity index (χ4n) is 3.69. The Morgan fingerprint density at radius 1 is 0.950 bits per heavy atom. The average molecular weight is 395 g/mol. The van der Waals surface area contributed by atoms with Crippen LogP contribution < -0.4 is 21.5 Å². The Morgan fingerprint density at radius 2 is 1.50 bits per heavy atom. The Balaban J connectivity index is 1.52. The van der Waals surface area contributed by atoms with E-state index >= 15 is 0 Å². The molecular formula is C16H32IN2O-. The molecule has 1 N–H and O–H groups in total. The van der Waals surface area contributed by atoms with Gasteiger partial charge in [-0.15, -0.1) is 0 Å². The van der Waals surface area contributed by atoms with Gasteiger partial charge >= 0.3 is 124 Å². The number of β-amino-alcohol motifs (C(OH)–C–C–N with tert-alkyl or cyclic N) is 1. The quantitative estimate of drug-likeness (QED) is 0.348. The molecule has 0 bridgehead atoms. The first-order valence-electron chi connectivity index (χ1n) is 8.39. The zero-order valence-corrected chi connectivity index (χ0v) is 15.2. The maximum absolute atomic E-state index is 8.96. The van der Waals surface area contributed by atoms with E-state index in [-0.39, 0.29) is 0 Å². The summed E-state index contributed by atoms with van der Waals surface area (Å²) in [6.45, 7) is 6.39. The van der Waals surface area contributed by atoms with E-state index in [1.165, 1.54) is 71.1 Å². The molecule has 0 aliphatic carbocycles. The van der Waals surface area contributed by atoms with Crippen molar-refractivity contribution in [3.8, 4) is 0 Å². The van der Waals surface area contributed by atoms with Crippen LogP contribution in [0.5, 0.6) is 0 Å². The number of alkyl halides is 1. The summed E-state index contributed by atoms with van der Waals surface area (Å²) in [5.74, 6) is 1.99. The van der Waals surface area contributed by atoms with Crippen LogP contribution in [0, 0.1) is 11.8 Å². The van der Waals surface area contributed by atoms with Crippen molar-refractivity contribution in [1.82, 2.24) is 8.01 Å². The van der Waals surface area contributed by atoms with Crippen molar-refractivity contribution in [2.24, 2.45) is 11.8 Å². The van der Waals surface area contributed by atoms with E-state index in [1.54, 1.807) is 0 Å². The van der Waals surface area contributed by atoms with Crippen LogP contribution in [-0.4, -0.2) is 57.4 Å². The SMILES string of the molecule is C[I-]N1CCC(CCCC2CCN(CCO)CC2)CC1. The van der Waals surface area contributed by atoms with Crippen LogP contribution in [0.1, 0.15) is 44.9 Å². The van der Waals surface area contributed by atoms with Crippen LogP contribution in [-0.2, 0) is 0 Å². The predicted molar refractivity (Wildman–Crippen MR) is 80.3 cm³/mol. The van der Waals surface area contributed by atoms with Crippen LogP contribution in [0.4, 0.5) is 0 Å². The standard InChI is InChI=1S/C16H32IN2O/c1-17-19-11-7-16(8-12-19)4-2-3-15-5-9-18(10-6-15)13-14-20/h15-16,20H,2-14H2,1H3/q-1. The van der Waals surface area contributed by atoms with E-state index < -0.39 is 0 Å². The van der Waals surface area contributed by atoms with E-state index in [2.05, 4.69) is 12.9 Å². The molecule has 0 unspecified atom stereocenters. The molecule has 3 nitrogen and oxygen atoms in total. The molecule has 2 heterocycles. The summed E-state index contributed by atoms with van der Waals surface area (Å²) < 4.78 is 2.70. The number of piperidine rings is 2. The number of likely N-dealkylation sites (tertiary alicyclic amines) is 1. The van der Waals surface area contributed by atoms with Gasteiger partial charge in [0.2, 0.25) is 0 Å². The minimum atomic E-state index is 0.323. The van der Waals surface area contributed by atoms with Gasteiger partial charge in [-0.3, -0.25) is 0 Å². The Bertz CT molecular complexity index is 249. The molecule has 0 aromatic heterocycles. The molecule has 2 rings (SSSR count). The Morgan fingerprint density at radius 3 is 2.00 bits per heavy atom. The molecule has 0 amide bonds. The van der Waals surface area contributed by atoms with E-state index in [0.29, 0.717) is 28.1 Å². The summed E-state index contributed by atoms with van der Waals surface area (Å²) in [4.78, 5) is 4.81. The second-order valence-corrected chi connectivity index (χ2v) is 8.79. The summed E-state index contributed by atoms with van der Waals surface area (Å²) in [6.07, 6.45) is 10.0. The molecule has 0 aromatic rings. The summed E-state index contributed by atoms with van der Waals surface area (Å²) in [7, 11) is 0. The first-order chi connectivity index (χ1) is 9.81. The zero-order chi connectivity index (χ0) is 14.2. The van der Waals surface area contributed by atoms with E-state index in [1.807, 2.05) is 0 Å². The molecule has 0 spiro atoms. The van der Waals surface area contributed by atoms with Gasteiger partial charge in [0, 0.05) is 0 Å². The average Bonchev–Trinajstić information content (AvgIpc) is 2.50. The third-order valence-electron chi connectivity index (χ3n) is 5.15. The van der Waals surface area contributed by atoms with Crippen LogP contribution >= 0.6 is 0 Å². The van der Waals surface area contributed by atoms with Gasteiger partial charge < -0.3 is 5.11 Å². The summed E-state index contributed by atoms with van der Waals surface area (Å²) >= 11 is 0.345. The first-order valence-corrected chi connectivity index (χ1v) is 11.5. The normalized spacial score (nSPS) is 24.5. The van der Waals surface area contributed by atoms with E-state index in [9.17, 15) is 0 Å². The molecule has 2 fully saturated rings. The van der Waals surface area contributed by atoms with Crippen molar-refractivity contribution < 1.29 is 26.6 Å². The molecule has 0 radical (unpaired) electrons. The number of hydrogen-bond acceptors (Lipinski definition) is 3. The predicted octanol–water partition coefficient (Wildman–Crippen LogP) is -0.793. The summed E-state index contributed by atoms with van der Waals surface area (Å²) in [6, 6.07) is 0. The molecule has 120 valence electrons. The summed E-state index contributed by atoms with van der Waals surface area (Å²) in [5.41, 5.74) is 0. The van der Waals surface area contributed by atoms with Crippen molar-refractivity contribution in [2.45, 2.75) is 44.9 Å². The maximum atomic E-state index is 8.96. The number of aliphatic hydroxyl groups excluding tert-OH is 1.